The van der Waals surface area contributed by atoms with E-state index in [-0.39, 0.29) is 17.7 Å². The molecular weight excluding hydrogens is 401 g/mol. The van der Waals surface area contributed by atoms with Crippen LogP contribution in [0.1, 0.15) is 42.3 Å². The lowest BCUT2D eigenvalue weighted by atomic mass is 9.78. The van der Waals surface area contributed by atoms with E-state index in [1.807, 2.05) is 45.1 Å². The van der Waals surface area contributed by atoms with Crippen molar-refractivity contribution in [3.63, 3.8) is 0 Å². The van der Waals surface area contributed by atoms with Gasteiger partial charge in [0.05, 0.1) is 16.7 Å². The Hall–Kier alpha value is -3.23. The predicted molar refractivity (Wildman–Crippen MR) is 119 cm³/mol. The Bertz CT molecular complexity index is 1050. The largest absolute Gasteiger partial charge is 0.351 e. The summed E-state index contributed by atoms with van der Waals surface area (Å²) in [5, 5.41) is 12.3. The Balaban J connectivity index is 2.39. The topological polar surface area (TPSA) is 65.2 Å². The van der Waals surface area contributed by atoms with Gasteiger partial charge in [-0.15, -0.1) is 0 Å². The van der Waals surface area contributed by atoms with Gasteiger partial charge in [0.25, 0.3) is 5.91 Å². The standard InChI is InChI=1S/C24H23ClFN3O/c1-16(2)5-12-22(28-4)24(3,19-8-10-20(25)11-9-19)15-29-23(30)17-6-7-18(14-27)21(26)13-17/h5-13H,4,15H2,1-3H3,(H,29,30)/b22-12-. The number of aliphatic imine (C=N–C) groups is 1. The van der Waals surface area contributed by atoms with Crippen molar-refractivity contribution < 1.29 is 9.18 Å². The third-order valence-corrected chi connectivity index (χ3v) is 5.00. The molecular formula is C24H23ClFN3O. The van der Waals surface area contributed by atoms with Crippen molar-refractivity contribution in [2.75, 3.05) is 6.54 Å². The highest BCUT2D eigenvalue weighted by Gasteiger charge is 2.31. The van der Waals surface area contributed by atoms with Crippen molar-refractivity contribution in [2.24, 2.45) is 4.99 Å². The minimum Gasteiger partial charge on any atom is -0.351 e. The first-order valence-electron chi connectivity index (χ1n) is 9.27. The lowest BCUT2D eigenvalue weighted by Gasteiger charge is -2.31. The Morgan fingerprint density at radius 3 is 2.47 bits per heavy atom. The number of rotatable bonds is 7. The number of allylic oxidation sites excluding steroid dienone is 3. The van der Waals surface area contributed by atoms with Gasteiger partial charge in [-0.25, -0.2) is 4.39 Å². The van der Waals surface area contributed by atoms with Crippen molar-refractivity contribution >= 4 is 24.2 Å². The van der Waals surface area contributed by atoms with Crippen LogP contribution in [0.3, 0.4) is 0 Å². The number of halogens is 2. The maximum atomic E-state index is 13.9. The zero-order valence-corrected chi connectivity index (χ0v) is 17.9. The molecule has 2 rings (SSSR count). The second-order valence-electron chi connectivity index (χ2n) is 7.28. The van der Waals surface area contributed by atoms with Crippen LogP contribution >= 0.6 is 11.6 Å². The smallest absolute Gasteiger partial charge is 0.251 e. The van der Waals surface area contributed by atoms with Crippen molar-refractivity contribution in [1.82, 2.24) is 5.32 Å². The minimum atomic E-state index is -0.734. The number of nitrogens with one attached hydrogen (secondary N) is 1. The summed E-state index contributed by atoms with van der Waals surface area (Å²) in [6, 6.07) is 12.8. The fourth-order valence-corrected chi connectivity index (χ4v) is 3.05. The lowest BCUT2D eigenvalue weighted by molar-refractivity contribution is 0.0946. The molecule has 1 atom stereocenters. The fourth-order valence-electron chi connectivity index (χ4n) is 2.92. The lowest BCUT2D eigenvalue weighted by Crippen LogP contribution is -2.40. The van der Waals surface area contributed by atoms with Crippen LogP contribution in [0.25, 0.3) is 0 Å². The second kappa shape index (κ2) is 10.00. The molecule has 154 valence electrons. The molecule has 0 bridgehead atoms. The van der Waals surface area contributed by atoms with Gasteiger partial charge in [-0.1, -0.05) is 35.4 Å². The molecule has 0 aliphatic heterocycles. The zero-order chi connectivity index (χ0) is 22.3. The molecule has 4 nitrogen and oxygen atoms in total. The van der Waals surface area contributed by atoms with Crippen LogP contribution < -0.4 is 5.32 Å². The van der Waals surface area contributed by atoms with Crippen LogP contribution in [0.15, 0.2) is 70.9 Å². The average Bonchev–Trinajstić information content (AvgIpc) is 2.72. The van der Waals surface area contributed by atoms with E-state index in [1.54, 1.807) is 18.2 Å². The molecule has 0 fully saturated rings. The Morgan fingerprint density at radius 1 is 1.27 bits per heavy atom. The molecule has 1 amide bonds. The first kappa shape index (κ1) is 23.1. The summed E-state index contributed by atoms with van der Waals surface area (Å²) in [7, 11) is 0. The van der Waals surface area contributed by atoms with Crippen LogP contribution in [-0.4, -0.2) is 19.2 Å². The van der Waals surface area contributed by atoms with Crippen molar-refractivity contribution in [3.8, 4) is 6.07 Å². The highest BCUT2D eigenvalue weighted by Crippen LogP contribution is 2.33. The quantitative estimate of drug-likeness (QED) is 0.466. The molecule has 0 saturated carbocycles. The number of nitrogens with zero attached hydrogens (tertiary/aromatic N) is 2. The van der Waals surface area contributed by atoms with E-state index in [0.29, 0.717) is 10.7 Å². The van der Waals surface area contributed by atoms with Crippen LogP contribution in [0, 0.1) is 17.1 Å². The molecule has 0 heterocycles. The summed E-state index contributed by atoms with van der Waals surface area (Å²) in [6.07, 6.45) is 3.79. The average molecular weight is 424 g/mol. The van der Waals surface area contributed by atoms with Crippen LogP contribution in [0.5, 0.6) is 0 Å². The first-order chi connectivity index (χ1) is 14.2. The molecule has 0 spiro atoms. The van der Waals surface area contributed by atoms with Crippen LogP contribution in [0.4, 0.5) is 4.39 Å². The molecule has 0 radical (unpaired) electrons. The molecule has 2 aromatic carbocycles. The number of benzene rings is 2. The third kappa shape index (κ3) is 5.43. The molecule has 2 aromatic rings. The van der Waals surface area contributed by atoms with E-state index in [2.05, 4.69) is 17.0 Å². The number of hydrogen-bond donors (Lipinski definition) is 1. The van der Waals surface area contributed by atoms with Crippen LogP contribution in [0.2, 0.25) is 5.02 Å². The summed E-state index contributed by atoms with van der Waals surface area (Å²) in [4.78, 5) is 16.9. The summed E-state index contributed by atoms with van der Waals surface area (Å²) in [5.74, 6) is -1.19. The molecule has 1 N–H and O–H groups in total. The summed E-state index contributed by atoms with van der Waals surface area (Å²) in [6.45, 7) is 9.77. The SMILES string of the molecule is C=N/C(=C\C=C(C)C)C(C)(CNC(=O)c1ccc(C#N)c(F)c1)c1ccc(Cl)cc1. The third-order valence-electron chi connectivity index (χ3n) is 4.75. The zero-order valence-electron chi connectivity index (χ0n) is 17.2. The van der Waals surface area contributed by atoms with Gasteiger partial charge >= 0.3 is 0 Å². The summed E-state index contributed by atoms with van der Waals surface area (Å²) >= 11 is 6.04. The molecule has 0 aromatic heterocycles. The Kier molecular flexibility index (Phi) is 7.68. The van der Waals surface area contributed by atoms with Gasteiger partial charge in [-0.2, -0.15) is 5.26 Å². The van der Waals surface area contributed by atoms with Gasteiger partial charge in [0.2, 0.25) is 0 Å². The Morgan fingerprint density at radius 2 is 1.93 bits per heavy atom. The second-order valence-corrected chi connectivity index (χ2v) is 7.72. The monoisotopic (exact) mass is 423 g/mol. The number of nitriles is 1. The van der Waals surface area contributed by atoms with Crippen molar-refractivity contribution in [2.45, 2.75) is 26.2 Å². The minimum absolute atomic E-state index is 0.111. The number of carbonyl (C=O) groups is 1. The van der Waals surface area contributed by atoms with E-state index >= 15 is 0 Å². The Labute approximate surface area is 181 Å². The molecule has 0 saturated heterocycles. The normalized spacial score (nSPS) is 13.0. The van der Waals surface area contributed by atoms with Gasteiger partial charge in [-0.3, -0.25) is 9.79 Å². The highest BCUT2D eigenvalue weighted by atomic mass is 35.5. The number of carbonyl (C=O) groups excluding carboxylic acids is 1. The fraction of sp³-hybridized carbons (Fsp3) is 0.208. The highest BCUT2D eigenvalue weighted by molar-refractivity contribution is 6.30. The number of amides is 1. The van der Waals surface area contributed by atoms with E-state index in [1.165, 1.54) is 12.1 Å². The van der Waals surface area contributed by atoms with Crippen LogP contribution in [-0.2, 0) is 5.41 Å². The molecule has 30 heavy (non-hydrogen) atoms. The maximum Gasteiger partial charge on any atom is 0.251 e. The van der Waals surface area contributed by atoms with E-state index in [4.69, 9.17) is 16.9 Å². The predicted octanol–water partition coefficient (Wildman–Crippen LogP) is 5.59. The van der Waals surface area contributed by atoms with Crippen molar-refractivity contribution in [3.05, 3.63) is 93.4 Å². The van der Waals surface area contributed by atoms with E-state index in [0.717, 1.165) is 17.2 Å². The van der Waals surface area contributed by atoms with Gasteiger partial charge in [0, 0.05) is 17.1 Å². The van der Waals surface area contributed by atoms with Gasteiger partial charge in [-0.05, 0) is 69.5 Å². The number of hydrogen-bond acceptors (Lipinski definition) is 3. The molecule has 0 aliphatic rings. The summed E-state index contributed by atoms with van der Waals surface area (Å²) in [5.41, 5.74) is 1.95. The van der Waals surface area contributed by atoms with E-state index in [9.17, 15) is 9.18 Å². The van der Waals surface area contributed by atoms with Crippen molar-refractivity contribution in [1.29, 1.82) is 5.26 Å². The molecule has 6 heteroatoms. The van der Waals surface area contributed by atoms with Gasteiger partial charge < -0.3 is 5.32 Å². The van der Waals surface area contributed by atoms with Gasteiger partial charge in [0.1, 0.15) is 11.9 Å². The van der Waals surface area contributed by atoms with Gasteiger partial charge in [0.15, 0.2) is 0 Å². The first-order valence-corrected chi connectivity index (χ1v) is 9.65. The van der Waals surface area contributed by atoms with E-state index < -0.39 is 17.1 Å². The molecule has 1 unspecified atom stereocenters. The maximum absolute atomic E-state index is 13.9. The summed E-state index contributed by atoms with van der Waals surface area (Å²) < 4.78 is 13.9. The molecule has 0 aliphatic carbocycles.